The van der Waals surface area contributed by atoms with E-state index in [-0.39, 0.29) is 18.5 Å². The number of aryl methyl sites for hydroxylation is 2. The summed E-state index contributed by atoms with van der Waals surface area (Å²) in [6.07, 6.45) is 6.84. The number of fused-ring (bicyclic) bond motifs is 2. The first-order chi connectivity index (χ1) is 22.9. The fraction of sp³-hybridized carbons (Fsp3) is 0.389. The molecule has 4 heterocycles. The third kappa shape index (κ3) is 6.82. The van der Waals surface area contributed by atoms with Gasteiger partial charge in [0.05, 0.1) is 41.7 Å². The van der Waals surface area contributed by atoms with Crippen molar-refractivity contribution in [2.75, 3.05) is 18.0 Å². The summed E-state index contributed by atoms with van der Waals surface area (Å²) in [5, 5.41) is 30.1. The zero-order valence-corrected chi connectivity index (χ0v) is 26.8. The average molecular weight is 634 g/mol. The summed E-state index contributed by atoms with van der Waals surface area (Å²) >= 11 is 0. The van der Waals surface area contributed by atoms with E-state index in [2.05, 4.69) is 31.9 Å². The maximum Gasteiger partial charge on any atom is 0.290 e. The molecule has 11 nitrogen and oxygen atoms in total. The Hall–Kier alpha value is -5.24. The van der Waals surface area contributed by atoms with Crippen molar-refractivity contribution in [1.82, 2.24) is 24.9 Å². The minimum absolute atomic E-state index is 0.101. The van der Waals surface area contributed by atoms with Crippen LogP contribution in [0, 0.1) is 18.3 Å². The lowest BCUT2D eigenvalue weighted by atomic mass is 9.92. The van der Waals surface area contributed by atoms with Crippen molar-refractivity contribution in [2.45, 2.75) is 77.5 Å². The maximum absolute atomic E-state index is 12.4. The molecule has 1 aliphatic carbocycles. The fourth-order valence-corrected chi connectivity index (χ4v) is 6.96. The summed E-state index contributed by atoms with van der Waals surface area (Å²) in [7, 11) is 0. The van der Waals surface area contributed by atoms with Crippen LogP contribution < -0.4 is 9.64 Å². The van der Waals surface area contributed by atoms with Crippen LogP contribution in [-0.2, 0) is 29.0 Å². The second-order valence-corrected chi connectivity index (χ2v) is 12.3. The molecular formula is C36H39N7O4. The Labute approximate surface area is 274 Å². The second kappa shape index (κ2) is 14.0. The van der Waals surface area contributed by atoms with Crippen LogP contribution in [0.1, 0.15) is 73.1 Å². The molecule has 0 spiro atoms. The van der Waals surface area contributed by atoms with Crippen molar-refractivity contribution in [3.05, 3.63) is 82.7 Å². The number of rotatable bonds is 5. The molecule has 1 saturated carbocycles. The smallest absolute Gasteiger partial charge is 0.290 e. The molecule has 47 heavy (non-hydrogen) atoms. The van der Waals surface area contributed by atoms with Crippen LogP contribution in [0.25, 0.3) is 11.3 Å². The van der Waals surface area contributed by atoms with Crippen molar-refractivity contribution >= 4 is 23.9 Å². The normalized spacial score (nSPS) is 18.6. The Morgan fingerprint density at radius 1 is 1.02 bits per heavy atom. The molecule has 242 valence electrons. The van der Waals surface area contributed by atoms with E-state index in [1.807, 2.05) is 60.4 Å². The summed E-state index contributed by atoms with van der Waals surface area (Å²) in [5.74, 6) is 1.95. The highest BCUT2D eigenvalue weighted by Gasteiger charge is 2.34. The van der Waals surface area contributed by atoms with E-state index in [0.29, 0.717) is 18.2 Å². The molecule has 0 unspecified atom stereocenters. The lowest BCUT2D eigenvalue weighted by Gasteiger charge is -2.33. The van der Waals surface area contributed by atoms with Gasteiger partial charge in [0.15, 0.2) is 5.82 Å². The van der Waals surface area contributed by atoms with Crippen molar-refractivity contribution < 1.29 is 19.4 Å². The zero-order chi connectivity index (χ0) is 32.9. The largest absolute Gasteiger partial charge is 0.490 e. The number of benzene rings is 2. The number of carboxylic acid groups (broad SMARTS) is 1. The van der Waals surface area contributed by atoms with Gasteiger partial charge in [0.2, 0.25) is 5.91 Å². The summed E-state index contributed by atoms with van der Waals surface area (Å²) in [6, 6.07) is 20.6. The standard InChI is InChI=1S/C35H37N7O2.CH2O2/c1-23-5-15-32(38-37-23)26-7-11-29(12-8-26)44-30-13-9-28(10-14-30)42-34-17-19-40(24(2)43)22-31(34)35(39-42)41-18-3-4-27-20-25(21-36)6-16-33(27)41;2-1-3/h5-8,11-12,15-16,20,28,30H,3-4,9-10,13-14,17-19,22H2,1-2H3;1H,(H,2,3). The number of anilines is 2. The molecule has 2 aromatic carbocycles. The maximum atomic E-state index is 12.4. The van der Waals surface area contributed by atoms with E-state index < -0.39 is 0 Å². The lowest BCUT2D eigenvalue weighted by Crippen LogP contribution is -2.36. The zero-order valence-electron chi connectivity index (χ0n) is 26.8. The monoisotopic (exact) mass is 633 g/mol. The topological polar surface area (TPSA) is 137 Å². The number of carbonyl (C=O) groups is 2. The lowest BCUT2D eigenvalue weighted by molar-refractivity contribution is -0.129. The van der Waals surface area contributed by atoms with Crippen LogP contribution in [0.3, 0.4) is 0 Å². The molecule has 2 aliphatic heterocycles. The Morgan fingerprint density at radius 2 is 1.79 bits per heavy atom. The Bertz CT molecular complexity index is 1770. The summed E-state index contributed by atoms with van der Waals surface area (Å²) in [4.78, 5) is 25.0. The number of carbonyl (C=O) groups excluding carboxylic acids is 1. The molecule has 11 heteroatoms. The van der Waals surface area contributed by atoms with Gasteiger partial charge in [-0.3, -0.25) is 14.3 Å². The van der Waals surface area contributed by atoms with E-state index in [4.69, 9.17) is 19.7 Å². The summed E-state index contributed by atoms with van der Waals surface area (Å²) in [6.45, 7) is 5.52. The van der Waals surface area contributed by atoms with Crippen LogP contribution >= 0.6 is 0 Å². The molecule has 1 N–H and O–H groups in total. The highest BCUT2D eigenvalue weighted by Crippen LogP contribution is 2.41. The number of nitrogens with zero attached hydrogens (tertiary/aromatic N) is 7. The molecule has 1 amide bonds. The van der Waals surface area contributed by atoms with E-state index >= 15 is 0 Å². The van der Waals surface area contributed by atoms with Gasteiger partial charge in [-0.05, 0) is 106 Å². The van der Waals surface area contributed by atoms with Crippen LogP contribution in [-0.4, -0.2) is 61.6 Å². The third-order valence-electron chi connectivity index (χ3n) is 9.33. The SMILES string of the molecule is CC(=O)N1CCc2c(c(N3CCCc4cc(C#N)ccc43)nn2C2CCC(Oc3ccc(-c4ccc(C)nn4)cc3)CC2)C1.O=CO. The third-order valence-corrected chi connectivity index (χ3v) is 9.33. The Kier molecular flexibility index (Phi) is 9.47. The van der Waals surface area contributed by atoms with E-state index in [1.165, 1.54) is 16.8 Å². The summed E-state index contributed by atoms with van der Waals surface area (Å²) < 4.78 is 8.71. The van der Waals surface area contributed by atoms with E-state index in [9.17, 15) is 10.1 Å². The number of hydrogen-bond donors (Lipinski definition) is 1. The number of hydrogen-bond acceptors (Lipinski definition) is 8. The number of nitriles is 1. The first-order valence-corrected chi connectivity index (χ1v) is 16.2. The van der Waals surface area contributed by atoms with Gasteiger partial charge in [0.1, 0.15) is 5.75 Å². The minimum atomic E-state index is -0.250. The van der Waals surface area contributed by atoms with E-state index in [1.54, 1.807) is 6.92 Å². The number of ether oxygens (including phenoxy) is 1. The van der Waals surface area contributed by atoms with Gasteiger partial charge in [-0.2, -0.15) is 20.6 Å². The molecular weight excluding hydrogens is 594 g/mol. The molecule has 0 saturated heterocycles. The highest BCUT2D eigenvalue weighted by molar-refractivity contribution is 5.75. The van der Waals surface area contributed by atoms with Crippen LogP contribution in [0.5, 0.6) is 5.75 Å². The Morgan fingerprint density at radius 3 is 2.47 bits per heavy atom. The van der Waals surface area contributed by atoms with Gasteiger partial charge in [-0.15, -0.1) is 0 Å². The average Bonchev–Trinajstić information content (AvgIpc) is 3.48. The number of aromatic nitrogens is 4. The van der Waals surface area contributed by atoms with Gasteiger partial charge in [0, 0.05) is 48.9 Å². The molecule has 7 rings (SSSR count). The van der Waals surface area contributed by atoms with Gasteiger partial charge in [-0.1, -0.05) is 0 Å². The molecule has 2 aromatic heterocycles. The Balaban J connectivity index is 0.00000124. The predicted octanol–water partition coefficient (Wildman–Crippen LogP) is 5.77. The quantitative estimate of drug-likeness (QED) is 0.271. The molecule has 0 radical (unpaired) electrons. The van der Waals surface area contributed by atoms with Crippen molar-refractivity contribution in [3.8, 4) is 23.1 Å². The van der Waals surface area contributed by atoms with Crippen LogP contribution in [0.4, 0.5) is 11.5 Å². The highest BCUT2D eigenvalue weighted by atomic mass is 16.5. The van der Waals surface area contributed by atoms with E-state index in [0.717, 1.165) is 92.2 Å². The van der Waals surface area contributed by atoms with Gasteiger partial charge in [-0.25, -0.2) is 0 Å². The molecule has 4 aromatic rings. The van der Waals surface area contributed by atoms with Crippen molar-refractivity contribution in [1.29, 1.82) is 5.26 Å². The first-order valence-electron chi connectivity index (χ1n) is 16.2. The van der Waals surface area contributed by atoms with Gasteiger partial charge < -0.3 is 19.6 Å². The molecule has 0 bridgehead atoms. The van der Waals surface area contributed by atoms with Crippen LogP contribution in [0.2, 0.25) is 0 Å². The molecule has 3 aliphatic rings. The fourth-order valence-electron chi connectivity index (χ4n) is 6.96. The summed E-state index contributed by atoms with van der Waals surface area (Å²) in [5.41, 5.74) is 8.22. The molecule has 0 atom stereocenters. The van der Waals surface area contributed by atoms with Crippen molar-refractivity contribution in [2.24, 2.45) is 0 Å². The molecule has 1 fully saturated rings. The van der Waals surface area contributed by atoms with Crippen molar-refractivity contribution in [3.63, 3.8) is 0 Å². The minimum Gasteiger partial charge on any atom is -0.490 e. The van der Waals surface area contributed by atoms with Gasteiger partial charge >= 0.3 is 0 Å². The predicted molar refractivity (Wildman–Crippen MR) is 176 cm³/mol. The number of amides is 1. The second-order valence-electron chi connectivity index (χ2n) is 12.3. The first kappa shape index (κ1) is 31.7. The van der Waals surface area contributed by atoms with Gasteiger partial charge in [0.25, 0.3) is 6.47 Å². The van der Waals surface area contributed by atoms with Crippen LogP contribution in [0.15, 0.2) is 54.6 Å².